The summed E-state index contributed by atoms with van der Waals surface area (Å²) < 4.78 is 8.65. The van der Waals surface area contributed by atoms with Crippen molar-refractivity contribution >= 4 is 28.8 Å². The summed E-state index contributed by atoms with van der Waals surface area (Å²) in [4.78, 5) is 37.3. The molecular weight excluding hydrogens is 510 g/mol. The van der Waals surface area contributed by atoms with Crippen molar-refractivity contribution in [2.75, 3.05) is 6.61 Å². The van der Waals surface area contributed by atoms with Gasteiger partial charge in [0, 0.05) is 34.5 Å². The number of aromatic nitrogens is 1. The molecule has 7 nitrogen and oxygen atoms in total. The van der Waals surface area contributed by atoms with Gasteiger partial charge < -0.3 is 14.6 Å². The van der Waals surface area contributed by atoms with Gasteiger partial charge in [-0.05, 0) is 85.9 Å². The van der Waals surface area contributed by atoms with Crippen LogP contribution in [0, 0.1) is 12.8 Å². The minimum absolute atomic E-state index is 0.0941. The van der Waals surface area contributed by atoms with Crippen LogP contribution in [0.15, 0.2) is 18.2 Å². The summed E-state index contributed by atoms with van der Waals surface area (Å²) in [6.07, 6.45) is 9.66. The molecule has 1 aromatic carbocycles. The minimum atomic E-state index is -0.905. The van der Waals surface area contributed by atoms with E-state index in [4.69, 9.17) is 4.74 Å². The van der Waals surface area contributed by atoms with Crippen LogP contribution in [0.2, 0.25) is 0 Å². The van der Waals surface area contributed by atoms with Crippen LogP contribution < -0.4 is 15.4 Å². The Morgan fingerprint density at radius 3 is 2.51 bits per heavy atom. The van der Waals surface area contributed by atoms with Crippen molar-refractivity contribution in [3.8, 4) is 17.0 Å². The van der Waals surface area contributed by atoms with E-state index in [9.17, 15) is 14.4 Å². The van der Waals surface area contributed by atoms with E-state index in [0.717, 1.165) is 54.0 Å². The number of imide groups is 1. The quantitative estimate of drug-likeness (QED) is 0.464. The number of ether oxygens (including phenoxy) is 1. The first-order chi connectivity index (χ1) is 18.6. The predicted molar refractivity (Wildman–Crippen MR) is 153 cm³/mol. The zero-order valence-electron chi connectivity index (χ0n) is 23.4. The maximum Gasteiger partial charge on any atom is 0.288 e. The predicted octanol–water partition coefficient (Wildman–Crippen LogP) is 6.19. The number of fused-ring (bicyclic) bond motifs is 2. The molecule has 2 aromatic rings. The maximum absolute atomic E-state index is 13.5. The number of amides is 3. The third kappa shape index (κ3) is 4.90. The van der Waals surface area contributed by atoms with Gasteiger partial charge in [0.25, 0.3) is 17.1 Å². The minimum Gasteiger partial charge on any atom is -0.493 e. The summed E-state index contributed by atoms with van der Waals surface area (Å²) in [5, 5.41) is 3.69. The third-order valence-corrected chi connectivity index (χ3v) is 10.1. The molecule has 3 heterocycles. The first-order valence-corrected chi connectivity index (χ1v) is 15.3. The van der Waals surface area contributed by atoms with E-state index in [0.29, 0.717) is 11.5 Å². The summed E-state index contributed by atoms with van der Waals surface area (Å²) in [5.41, 5.74) is 6.28. The molecule has 3 fully saturated rings. The molecule has 2 N–H and O–H groups in total. The van der Waals surface area contributed by atoms with Crippen molar-refractivity contribution in [3.63, 3.8) is 0 Å². The molecule has 2 aliphatic carbocycles. The van der Waals surface area contributed by atoms with Gasteiger partial charge in [-0.1, -0.05) is 40.0 Å². The second-order valence-corrected chi connectivity index (χ2v) is 14.0. The molecule has 1 spiro atoms. The van der Waals surface area contributed by atoms with Crippen molar-refractivity contribution in [2.45, 2.75) is 102 Å². The van der Waals surface area contributed by atoms with Crippen LogP contribution in [0.5, 0.6) is 5.75 Å². The van der Waals surface area contributed by atoms with Gasteiger partial charge in [-0.2, -0.15) is 0 Å². The second-order valence-electron chi connectivity index (χ2n) is 12.9. The summed E-state index contributed by atoms with van der Waals surface area (Å²) >= 11 is 0.813. The van der Waals surface area contributed by atoms with E-state index in [1.807, 2.05) is 13.0 Å². The number of carbonyl (C=O) groups is 3. The summed E-state index contributed by atoms with van der Waals surface area (Å²) in [6.45, 7) is 10.4. The van der Waals surface area contributed by atoms with Crippen molar-refractivity contribution in [2.24, 2.45) is 5.92 Å². The smallest absolute Gasteiger partial charge is 0.288 e. The Labute approximate surface area is 234 Å². The standard InChI is InChI=1S/C31H39N3O4S/c1-18-21(26(35)32-28-27(36)33-29(37)39-28)16-24(34(18)17-19-8-6-5-7-9-19)20-14-22(30(2,3)4)25-23(15-20)31(10-11-31)12-13-38-25/h14-16,19,28H,5-13,17H2,1-4H3,(H,32,35)(H,33,36,37). The molecular formula is C31H39N3O4S. The zero-order valence-corrected chi connectivity index (χ0v) is 24.3. The number of thioether (sulfide) groups is 1. The lowest BCUT2D eigenvalue weighted by Crippen LogP contribution is -2.39. The van der Waals surface area contributed by atoms with Crippen LogP contribution in [0.4, 0.5) is 4.79 Å². The van der Waals surface area contributed by atoms with Gasteiger partial charge in [0.15, 0.2) is 5.37 Å². The first kappa shape index (κ1) is 26.5. The van der Waals surface area contributed by atoms with E-state index >= 15 is 0 Å². The molecule has 0 radical (unpaired) electrons. The van der Waals surface area contributed by atoms with E-state index in [-0.39, 0.29) is 16.7 Å². The fourth-order valence-corrected chi connectivity index (χ4v) is 7.37. The van der Waals surface area contributed by atoms with Gasteiger partial charge in [0.2, 0.25) is 0 Å². The highest BCUT2D eigenvalue weighted by atomic mass is 32.2. The highest BCUT2D eigenvalue weighted by Crippen LogP contribution is 2.58. The second kappa shape index (κ2) is 9.72. The van der Waals surface area contributed by atoms with E-state index in [1.54, 1.807) is 0 Å². The summed E-state index contributed by atoms with van der Waals surface area (Å²) in [5.74, 6) is 0.835. The largest absolute Gasteiger partial charge is 0.493 e. The Morgan fingerprint density at radius 2 is 1.87 bits per heavy atom. The molecule has 1 saturated heterocycles. The van der Waals surface area contributed by atoms with Gasteiger partial charge in [-0.25, -0.2) is 0 Å². The van der Waals surface area contributed by atoms with Crippen LogP contribution in [0.25, 0.3) is 11.3 Å². The number of nitrogens with zero attached hydrogens (tertiary/aromatic N) is 1. The molecule has 1 unspecified atom stereocenters. The van der Waals surface area contributed by atoms with Crippen molar-refractivity contribution in [1.29, 1.82) is 0 Å². The van der Waals surface area contributed by atoms with Crippen molar-refractivity contribution in [3.05, 3.63) is 40.6 Å². The number of hydrogen-bond donors (Lipinski definition) is 2. The Bertz CT molecular complexity index is 1330. The monoisotopic (exact) mass is 549 g/mol. The lowest BCUT2D eigenvalue weighted by molar-refractivity contribution is -0.119. The number of benzene rings is 1. The Morgan fingerprint density at radius 1 is 1.13 bits per heavy atom. The van der Waals surface area contributed by atoms with E-state index in [2.05, 4.69) is 48.1 Å². The van der Waals surface area contributed by atoms with Crippen LogP contribution in [-0.2, 0) is 22.2 Å². The molecule has 3 amide bonds. The van der Waals surface area contributed by atoms with Crippen LogP contribution in [0.3, 0.4) is 0 Å². The Hall–Kier alpha value is -2.74. The van der Waals surface area contributed by atoms with E-state index < -0.39 is 16.5 Å². The van der Waals surface area contributed by atoms with Crippen LogP contribution in [0.1, 0.15) is 99.3 Å². The zero-order chi connectivity index (χ0) is 27.5. The number of rotatable bonds is 5. The molecule has 208 valence electrons. The Balaban J connectivity index is 1.45. The lowest BCUT2D eigenvalue weighted by Gasteiger charge is -2.33. The molecule has 1 atom stereocenters. The molecule has 2 aliphatic heterocycles. The summed E-state index contributed by atoms with van der Waals surface area (Å²) in [7, 11) is 0. The molecule has 39 heavy (non-hydrogen) atoms. The van der Waals surface area contributed by atoms with Gasteiger partial charge in [-0.15, -0.1) is 0 Å². The van der Waals surface area contributed by atoms with Crippen LogP contribution in [-0.4, -0.2) is 33.6 Å². The average molecular weight is 550 g/mol. The van der Waals surface area contributed by atoms with Gasteiger partial charge in [0.05, 0.1) is 12.2 Å². The molecule has 0 bridgehead atoms. The maximum atomic E-state index is 13.5. The first-order valence-electron chi connectivity index (χ1n) is 14.4. The fraction of sp³-hybridized carbons (Fsp3) is 0.581. The molecule has 6 rings (SSSR count). The average Bonchev–Trinajstić information content (AvgIpc) is 3.49. The number of carbonyl (C=O) groups excluding carboxylic acids is 3. The molecule has 2 saturated carbocycles. The topological polar surface area (TPSA) is 89.4 Å². The van der Waals surface area contributed by atoms with Gasteiger partial charge in [0.1, 0.15) is 5.75 Å². The highest BCUT2D eigenvalue weighted by molar-refractivity contribution is 8.15. The normalized spacial score (nSPS) is 22.4. The molecule has 8 heteroatoms. The lowest BCUT2D eigenvalue weighted by atomic mass is 9.79. The Kier molecular flexibility index (Phi) is 6.60. The van der Waals surface area contributed by atoms with Crippen molar-refractivity contribution < 1.29 is 19.1 Å². The molecule has 4 aliphatic rings. The van der Waals surface area contributed by atoms with Gasteiger partial charge >= 0.3 is 0 Å². The number of nitrogens with one attached hydrogen (secondary N) is 2. The van der Waals surface area contributed by atoms with Crippen LogP contribution >= 0.6 is 11.8 Å². The molecule has 1 aromatic heterocycles. The van der Waals surface area contributed by atoms with E-state index in [1.165, 1.54) is 56.1 Å². The summed E-state index contributed by atoms with van der Waals surface area (Å²) in [6, 6.07) is 6.58. The fourth-order valence-electron chi connectivity index (χ4n) is 6.66. The third-order valence-electron chi connectivity index (χ3n) is 9.17. The number of hydrogen-bond acceptors (Lipinski definition) is 5. The van der Waals surface area contributed by atoms with Crippen molar-refractivity contribution in [1.82, 2.24) is 15.2 Å². The highest BCUT2D eigenvalue weighted by Gasteiger charge is 2.49. The van der Waals surface area contributed by atoms with Gasteiger partial charge in [-0.3, -0.25) is 19.7 Å². The SMILES string of the molecule is Cc1c(C(=O)NC2SC(=O)NC2=O)cc(-c2cc(C(C)(C)C)c3c(c2)C2(CCO3)CC2)n1CC1CCCCC1.